The van der Waals surface area contributed by atoms with Crippen LogP contribution in [0, 0.1) is 0 Å². The van der Waals surface area contributed by atoms with Crippen molar-refractivity contribution < 1.29 is 13.2 Å². The Morgan fingerprint density at radius 3 is 2.45 bits per heavy atom. The van der Waals surface area contributed by atoms with Crippen LogP contribution in [0.15, 0.2) is 23.1 Å². The fourth-order valence-corrected chi connectivity index (χ4v) is 3.23. The Bertz CT molecular complexity index is 621. The molecule has 0 heterocycles. The number of unbranched alkanes of at least 4 members (excludes halogenated alkanes) is 1. The Morgan fingerprint density at radius 1 is 1.23 bits per heavy atom. The topological polar surface area (TPSA) is 66.5 Å². The molecule has 0 aliphatic carbocycles. The quantitative estimate of drug-likeness (QED) is 0.768. The van der Waals surface area contributed by atoms with Gasteiger partial charge in [-0.05, 0) is 24.6 Å². The van der Waals surface area contributed by atoms with Crippen molar-refractivity contribution in [1.82, 2.24) is 9.62 Å². The van der Waals surface area contributed by atoms with E-state index in [1.165, 1.54) is 25.1 Å². The zero-order valence-electron chi connectivity index (χ0n) is 12.6. The molecule has 1 aromatic carbocycles. The van der Waals surface area contributed by atoms with Crippen LogP contribution in [-0.2, 0) is 14.8 Å². The molecule has 0 saturated heterocycles. The molecule has 0 unspecified atom stereocenters. The van der Waals surface area contributed by atoms with E-state index in [-0.39, 0.29) is 22.4 Å². The van der Waals surface area contributed by atoms with Crippen molar-refractivity contribution >= 4 is 39.1 Å². The zero-order chi connectivity index (χ0) is 16.8. The molecule has 1 aromatic rings. The Hall–Kier alpha value is -0.820. The number of hydrogen-bond donors (Lipinski definition) is 1. The number of carbonyl (C=O) groups is 1. The summed E-state index contributed by atoms with van der Waals surface area (Å²) in [4.78, 5) is 13.1. The molecule has 0 bridgehead atoms. The van der Waals surface area contributed by atoms with Crippen LogP contribution in [0.5, 0.6) is 0 Å². The van der Waals surface area contributed by atoms with Gasteiger partial charge in [-0.2, -0.15) is 0 Å². The van der Waals surface area contributed by atoms with Crippen molar-refractivity contribution in [2.75, 3.05) is 19.6 Å². The van der Waals surface area contributed by atoms with Gasteiger partial charge in [0.15, 0.2) is 0 Å². The highest BCUT2D eigenvalue weighted by atomic mass is 35.5. The summed E-state index contributed by atoms with van der Waals surface area (Å²) in [6.07, 6.45) is 1.86. The maximum Gasteiger partial charge on any atom is 0.240 e. The van der Waals surface area contributed by atoms with Gasteiger partial charge in [0.25, 0.3) is 0 Å². The van der Waals surface area contributed by atoms with E-state index in [1.807, 2.05) is 6.92 Å². The predicted octanol–water partition coefficient (Wildman–Crippen LogP) is 2.92. The monoisotopic (exact) mass is 366 g/mol. The SMILES string of the molecule is CCCCN(CCNS(=O)(=O)c1ccc(Cl)c(Cl)c1)C(C)=O. The number of sulfonamides is 1. The molecule has 0 fully saturated rings. The Kier molecular flexibility index (Phi) is 7.62. The van der Waals surface area contributed by atoms with Crippen LogP contribution in [0.2, 0.25) is 10.0 Å². The van der Waals surface area contributed by atoms with Gasteiger partial charge in [0.1, 0.15) is 0 Å². The Labute approximate surface area is 141 Å². The molecule has 1 rings (SSSR count). The van der Waals surface area contributed by atoms with Crippen LogP contribution in [-0.4, -0.2) is 38.9 Å². The van der Waals surface area contributed by atoms with Crippen LogP contribution in [0.3, 0.4) is 0 Å². The molecule has 8 heteroatoms. The van der Waals surface area contributed by atoms with E-state index in [9.17, 15) is 13.2 Å². The largest absolute Gasteiger partial charge is 0.342 e. The molecule has 0 aromatic heterocycles. The summed E-state index contributed by atoms with van der Waals surface area (Å²) in [6.45, 7) is 4.61. The second-order valence-electron chi connectivity index (χ2n) is 4.83. The highest BCUT2D eigenvalue weighted by molar-refractivity contribution is 7.89. The minimum Gasteiger partial charge on any atom is -0.342 e. The van der Waals surface area contributed by atoms with E-state index in [4.69, 9.17) is 23.2 Å². The van der Waals surface area contributed by atoms with E-state index < -0.39 is 10.0 Å². The minimum absolute atomic E-state index is 0.0461. The molecule has 0 saturated carbocycles. The summed E-state index contributed by atoms with van der Waals surface area (Å²) in [5.74, 6) is -0.0674. The highest BCUT2D eigenvalue weighted by Gasteiger charge is 2.16. The third-order valence-electron chi connectivity index (χ3n) is 3.10. The van der Waals surface area contributed by atoms with Crippen LogP contribution in [0.4, 0.5) is 0 Å². The third kappa shape index (κ3) is 5.76. The second-order valence-corrected chi connectivity index (χ2v) is 7.41. The number of nitrogens with zero attached hydrogens (tertiary/aromatic N) is 1. The number of hydrogen-bond acceptors (Lipinski definition) is 3. The maximum absolute atomic E-state index is 12.1. The average Bonchev–Trinajstić information content (AvgIpc) is 2.45. The number of halogens is 2. The third-order valence-corrected chi connectivity index (χ3v) is 5.30. The minimum atomic E-state index is -3.67. The summed E-state index contributed by atoms with van der Waals surface area (Å²) in [5, 5.41) is 0.473. The van der Waals surface area contributed by atoms with E-state index >= 15 is 0 Å². The van der Waals surface area contributed by atoms with Gasteiger partial charge >= 0.3 is 0 Å². The standard InChI is InChI=1S/C14H20Cl2N2O3S/c1-3-4-8-18(11(2)19)9-7-17-22(20,21)12-5-6-13(15)14(16)10-12/h5-6,10,17H,3-4,7-9H2,1-2H3. The molecule has 0 aliphatic heterocycles. The van der Waals surface area contributed by atoms with Crippen molar-refractivity contribution in [2.24, 2.45) is 0 Å². The lowest BCUT2D eigenvalue weighted by Gasteiger charge is -2.21. The molecule has 124 valence electrons. The molecule has 1 amide bonds. The first kappa shape index (κ1) is 19.2. The normalized spacial score (nSPS) is 11.5. The highest BCUT2D eigenvalue weighted by Crippen LogP contribution is 2.24. The molecule has 0 radical (unpaired) electrons. The van der Waals surface area contributed by atoms with Gasteiger partial charge < -0.3 is 4.90 Å². The molecule has 1 N–H and O–H groups in total. The number of carbonyl (C=O) groups excluding carboxylic acids is 1. The van der Waals surface area contributed by atoms with E-state index in [2.05, 4.69) is 4.72 Å². The fraction of sp³-hybridized carbons (Fsp3) is 0.500. The molecule has 0 aliphatic rings. The van der Waals surface area contributed by atoms with E-state index in [1.54, 1.807) is 4.90 Å². The molecule has 5 nitrogen and oxygen atoms in total. The predicted molar refractivity (Wildman–Crippen MR) is 88.8 cm³/mol. The van der Waals surface area contributed by atoms with E-state index in [0.29, 0.717) is 18.1 Å². The summed E-state index contributed by atoms with van der Waals surface area (Å²) >= 11 is 11.6. The van der Waals surface area contributed by atoms with Crippen molar-refractivity contribution in [1.29, 1.82) is 0 Å². The van der Waals surface area contributed by atoms with Gasteiger partial charge in [0, 0.05) is 26.6 Å². The first-order valence-electron chi connectivity index (χ1n) is 6.98. The van der Waals surface area contributed by atoms with Gasteiger partial charge in [-0.15, -0.1) is 0 Å². The lowest BCUT2D eigenvalue weighted by Crippen LogP contribution is -2.38. The Morgan fingerprint density at radius 2 is 1.91 bits per heavy atom. The van der Waals surface area contributed by atoms with Crippen LogP contribution in [0.1, 0.15) is 26.7 Å². The summed E-state index contributed by atoms with van der Waals surface area (Å²) in [7, 11) is -3.67. The van der Waals surface area contributed by atoms with Crippen molar-refractivity contribution in [3.8, 4) is 0 Å². The number of amides is 1. The van der Waals surface area contributed by atoms with Gasteiger partial charge in [-0.3, -0.25) is 4.79 Å². The summed E-state index contributed by atoms with van der Waals surface area (Å²) in [6, 6.07) is 4.12. The van der Waals surface area contributed by atoms with Gasteiger partial charge in [-0.25, -0.2) is 13.1 Å². The van der Waals surface area contributed by atoms with Crippen molar-refractivity contribution in [3.63, 3.8) is 0 Å². The summed E-state index contributed by atoms with van der Waals surface area (Å²) in [5.41, 5.74) is 0. The molecule has 22 heavy (non-hydrogen) atoms. The molecular weight excluding hydrogens is 347 g/mol. The molecular formula is C14H20Cl2N2O3S. The lowest BCUT2D eigenvalue weighted by molar-refractivity contribution is -0.128. The Balaban J connectivity index is 2.65. The number of rotatable bonds is 8. The first-order valence-corrected chi connectivity index (χ1v) is 9.22. The molecule has 0 atom stereocenters. The zero-order valence-corrected chi connectivity index (χ0v) is 14.9. The number of benzene rings is 1. The average molecular weight is 367 g/mol. The van der Waals surface area contributed by atoms with Gasteiger partial charge in [0.2, 0.25) is 15.9 Å². The van der Waals surface area contributed by atoms with Crippen molar-refractivity contribution in [3.05, 3.63) is 28.2 Å². The van der Waals surface area contributed by atoms with Crippen LogP contribution in [0.25, 0.3) is 0 Å². The van der Waals surface area contributed by atoms with Gasteiger partial charge in [0.05, 0.1) is 14.9 Å². The maximum atomic E-state index is 12.1. The van der Waals surface area contributed by atoms with Gasteiger partial charge in [-0.1, -0.05) is 36.5 Å². The number of nitrogens with one attached hydrogen (secondary N) is 1. The first-order chi connectivity index (χ1) is 10.3. The lowest BCUT2D eigenvalue weighted by atomic mass is 10.3. The van der Waals surface area contributed by atoms with E-state index in [0.717, 1.165) is 12.8 Å². The van der Waals surface area contributed by atoms with Crippen LogP contribution >= 0.6 is 23.2 Å². The fourth-order valence-electron chi connectivity index (χ4n) is 1.82. The summed E-state index contributed by atoms with van der Waals surface area (Å²) < 4.78 is 26.7. The van der Waals surface area contributed by atoms with Crippen LogP contribution < -0.4 is 4.72 Å². The second kappa shape index (κ2) is 8.72. The molecule has 0 spiro atoms. The smallest absolute Gasteiger partial charge is 0.240 e. The van der Waals surface area contributed by atoms with Crippen molar-refractivity contribution in [2.45, 2.75) is 31.6 Å².